The lowest BCUT2D eigenvalue weighted by Crippen LogP contribution is -2.36. The van der Waals surface area contributed by atoms with Gasteiger partial charge >= 0.3 is 0 Å². The number of hydrogen-bond acceptors (Lipinski definition) is 6. The Bertz CT molecular complexity index is 1110. The molecule has 8 heteroatoms. The van der Waals surface area contributed by atoms with Crippen molar-refractivity contribution < 1.29 is 29.3 Å². The molecule has 7 nitrogen and oxygen atoms in total. The van der Waals surface area contributed by atoms with Crippen LogP contribution in [-0.2, 0) is 14.3 Å². The normalized spacial score (nSPS) is 22.5. The fourth-order valence-electron chi connectivity index (χ4n) is 4.25. The minimum Gasteiger partial charge on any atom is -0.507 e. The Hall–Kier alpha value is -2.84. The van der Waals surface area contributed by atoms with Gasteiger partial charge in [0.2, 0.25) is 0 Å². The van der Waals surface area contributed by atoms with Gasteiger partial charge in [0.15, 0.2) is 11.5 Å². The fraction of sp³-hybridized carbons (Fsp3) is 0.333. The molecule has 0 saturated carbocycles. The topological polar surface area (TPSA) is 96.3 Å². The Morgan fingerprint density at radius 1 is 1.25 bits per heavy atom. The summed E-state index contributed by atoms with van der Waals surface area (Å²) < 4.78 is 11.7. The lowest BCUT2D eigenvalue weighted by molar-refractivity contribution is -0.140. The molecule has 0 aliphatic carbocycles. The third kappa shape index (κ3) is 4.00. The highest BCUT2D eigenvalue weighted by Crippen LogP contribution is 2.42. The molecular formula is C24H24BrNO6. The Balaban J connectivity index is 1.85. The zero-order valence-electron chi connectivity index (χ0n) is 17.8. The van der Waals surface area contributed by atoms with Gasteiger partial charge in [-0.25, -0.2) is 0 Å². The van der Waals surface area contributed by atoms with Crippen LogP contribution >= 0.6 is 15.9 Å². The number of aliphatic hydroxyl groups is 1. The molecule has 32 heavy (non-hydrogen) atoms. The molecule has 0 radical (unpaired) electrons. The number of methoxy groups -OCH3 is 1. The molecule has 0 bridgehead atoms. The molecule has 4 rings (SSSR count). The number of carbonyl (C=O) groups excluding carboxylic acids is 2. The quantitative estimate of drug-likeness (QED) is 0.364. The lowest BCUT2D eigenvalue weighted by atomic mass is 9.94. The van der Waals surface area contributed by atoms with Gasteiger partial charge in [0.05, 0.1) is 24.8 Å². The number of ketones is 1. The largest absolute Gasteiger partial charge is 0.507 e. The summed E-state index contributed by atoms with van der Waals surface area (Å²) in [5.41, 5.74) is 1.79. The predicted octanol–water partition coefficient (Wildman–Crippen LogP) is 4.07. The van der Waals surface area contributed by atoms with E-state index in [0.29, 0.717) is 17.7 Å². The number of halogens is 1. The van der Waals surface area contributed by atoms with Crippen molar-refractivity contribution in [1.29, 1.82) is 0 Å². The number of benzene rings is 2. The first-order valence-corrected chi connectivity index (χ1v) is 11.1. The molecule has 2 aromatic rings. The summed E-state index contributed by atoms with van der Waals surface area (Å²) in [7, 11) is 1.44. The number of ether oxygens (including phenoxy) is 2. The van der Waals surface area contributed by atoms with E-state index in [1.165, 1.54) is 18.1 Å². The molecule has 2 N–H and O–H groups in total. The van der Waals surface area contributed by atoms with Crippen LogP contribution in [0, 0.1) is 6.92 Å². The monoisotopic (exact) mass is 501 g/mol. The molecule has 2 unspecified atom stereocenters. The highest BCUT2D eigenvalue weighted by atomic mass is 79.9. The van der Waals surface area contributed by atoms with Crippen molar-refractivity contribution in [3.05, 3.63) is 63.1 Å². The second kappa shape index (κ2) is 8.96. The number of aliphatic hydroxyl groups excluding tert-OH is 1. The van der Waals surface area contributed by atoms with Crippen molar-refractivity contribution in [2.45, 2.75) is 31.9 Å². The lowest BCUT2D eigenvalue weighted by Gasteiger charge is -2.27. The molecule has 2 aromatic carbocycles. The van der Waals surface area contributed by atoms with Crippen LogP contribution in [0.15, 0.2) is 46.4 Å². The van der Waals surface area contributed by atoms with Crippen LogP contribution < -0.4 is 4.74 Å². The van der Waals surface area contributed by atoms with E-state index in [0.717, 1.165) is 22.9 Å². The van der Waals surface area contributed by atoms with Gasteiger partial charge in [-0.1, -0.05) is 28.1 Å². The molecule has 0 spiro atoms. The van der Waals surface area contributed by atoms with Gasteiger partial charge in [0.25, 0.3) is 11.7 Å². The highest BCUT2D eigenvalue weighted by Gasteiger charge is 2.47. The number of hydrogen-bond donors (Lipinski definition) is 2. The Kier molecular flexibility index (Phi) is 6.26. The number of amides is 1. The van der Waals surface area contributed by atoms with E-state index in [1.807, 2.05) is 6.92 Å². The average Bonchev–Trinajstić information content (AvgIpc) is 3.37. The molecular weight excluding hydrogens is 478 g/mol. The SMILES string of the molecule is COc1ccc(C2/C(=C(/O)c3ccc(Br)c(C)c3)C(=O)C(=O)N2CC2CCCO2)cc1O. The van der Waals surface area contributed by atoms with Crippen molar-refractivity contribution in [2.24, 2.45) is 0 Å². The summed E-state index contributed by atoms with van der Waals surface area (Å²) in [6.45, 7) is 2.70. The molecule has 1 amide bonds. The number of nitrogens with zero attached hydrogens (tertiary/aromatic N) is 1. The molecule has 2 saturated heterocycles. The van der Waals surface area contributed by atoms with Crippen LogP contribution in [0.1, 0.15) is 35.6 Å². The Morgan fingerprint density at radius 3 is 2.66 bits per heavy atom. The van der Waals surface area contributed by atoms with Crippen molar-refractivity contribution in [1.82, 2.24) is 4.90 Å². The Morgan fingerprint density at radius 2 is 2.03 bits per heavy atom. The van der Waals surface area contributed by atoms with Crippen LogP contribution in [0.3, 0.4) is 0 Å². The van der Waals surface area contributed by atoms with Crippen LogP contribution in [0.2, 0.25) is 0 Å². The van der Waals surface area contributed by atoms with Crippen molar-refractivity contribution in [3.8, 4) is 11.5 Å². The number of phenols is 1. The zero-order chi connectivity index (χ0) is 23.0. The van der Waals surface area contributed by atoms with Crippen LogP contribution in [0.4, 0.5) is 0 Å². The predicted molar refractivity (Wildman–Crippen MR) is 122 cm³/mol. The van der Waals surface area contributed by atoms with Gasteiger partial charge in [0.1, 0.15) is 5.76 Å². The average molecular weight is 502 g/mol. The smallest absolute Gasteiger partial charge is 0.295 e. The van der Waals surface area contributed by atoms with E-state index in [-0.39, 0.29) is 35.5 Å². The number of Topliss-reactive ketones (excluding diaryl/α,β-unsaturated/α-hetero) is 1. The summed E-state index contributed by atoms with van der Waals surface area (Å²) in [5, 5.41) is 21.5. The summed E-state index contributed by atoms with van der Waals surface area (Å²) in [5.74, 6) is -1.56. The van der Waals surface area contributed by atoms with E-state index in [9.17, 15) is 19.8 Å². The first-order valence-electron chi connectivity index (χ1n) is 10.3. The molecule has 2 fully saturated rings. The highest BCUT2D eigenvalue weighted by molar-refractivity contribution is 9.10. The zero-order valence-corrected chi connectivity index (χ0v) is 19.4. The molecule has 168 valence electrons. The van der Waals surface area contributed by atoms with E-state index < -0.39 is 17.7 Å². The van der Waals surface area contributed by atoms with Crippen molar-refractivity contribution >= 4 is 33.4 Å². The maximum Gasteiger partial charge on any atom is 0.295 e. The van der Waals surface area contributed by atoms with Gasteiger partial charge in [-0.05, 0) is 55.2 Å². The third-order valence-electron chi connectivity index (χ3n) is 5.91. The summed E-state index contributed by atoms with van der Waals surface area (Å²) in [6.07, 6.45) is 1.49. The number of aryl methyl sites for hydroxylation is 1. The molecule has 2 heterocycles. The van der Waals surface area contributed by atoms with Gasteiger partial charge < -0.3 is 24.6 Å². The number of aromatic hydroxyl groups is 1. The summed E-state index contributed by atoms with van der Waals surface area (Å²) >= 11 is 3.43. The standard InChI is InChI=1S/C24H24BrNO6/c1-13-10-15(5-7-17(13)25)22(28)20-21(14-6-8-19(31-2)18(27)11-14)26(24(30)23(20)29)12-16-4-3-9-32-16/h5-8,10-11,16,21,27-28H,3-4,9,12H2,1-2H3/b22-20-. The molecule has 2 aliphatic rings. The van der Waals surface area contributed by atoms with Gasteiger partial charge in [-0.2, -0.15) is 0 Å². The summed E-state index contributed by atoms with van der Waals surface area (Å²) in [4.78, 5) is 27.6. The van der Waals surface area contributed by atoms with Gasteiger partial charge in [-0.15, -0.1) is 0 Å². The van der Waals surface area contributed by atoms with E-state index in [1.54, 1.807) is 30.3 Å². The van der Waals surface area contributed by atoms with E-state index >= 15 is 0 Å². The first-order chi connectivity index (χ1) is 15.3. The molecule has 0 aromatic heterocycles. The molecule has 2 aliphatic heterocycles. The van der Waals surface area contributed by atoms with Crippen molar-refractivity contribution in [2.75, 3.05) is 20.3 Å². The van der Waals surface area contributed by atoms with Crippen LogP contribution in [-0.4, -0.2) is 53.2 Å². The molecule has 2 atom stereocenters. The Labute approximate surface area is 194 Å². The van der Waals surface area contributed by atoms with Crippen LogP contribution in [0.5, 0.6) is 11.5 Å². The fourth-order valence-corrected chi connectivity index (χ4v) is 4.49. The number of carbonyl (C=O) groups is 2. The number of rotatable bonds is 5. The number of phenolic OH excluding ortho intramolecular Hbond substituents is 1. The minimum atomic E-state index is -0.861. The maximum atomic E-state index is 13.1. The third-order valence-corrected chi connectivity index (χ3v) is 6.80. The number of likely N-dealkylation sites (tertiary alicyclic amines) is 1. The van der Waals surface area contributed by atoms with Crippen LogP contribution in [0.25, 0.3) is 5.76 Å². The maximum absolute atomic E-state index is 13.1. The van der Waals surface area contributed by atoms with Crippen molar-refractivity contribution in [3.63, 3.8) is 0 Å². The van der Waals surface area contributed by atoms with Gasteiger partial charge in [0, 0.05) is 23.2 Å². The minimum absolute atomic E-state index is 0.0145. The van der Waals surface area contributed by atoms with E-state index in [4.69, 9.17) is 9.47 Å². The first kappa shape index (κ1) is 22.4. The van der Waals surface area contributed by atoms with Gasteiger partial charge in [-0.3, -0.25) is 9.59 Å². The summed E-state index contributed by atoms with van der Waals surface area (Å²) in [6, 6.07) is 9.05. The second-order valence-corrected chi connectivity index (χ2v) is 8.84. The second-order valence-electron chi connectivity index (χ2n) is 7.98. The van der Waals surface area contributed by atoms with E-state index in [2.05, 4.69) is 15.9 Å².